The van der Waals surface area contributed by atoms with Crippen molar-refractivity contribution >= 4 is 27.3 Å². The van der Waals surface area contributed by atoms with Crippen LogP contribution in [0, 0.1) is 0 Å². The molecular formula is C14H8N2O. The second-order valence-electron chi connectivity index (χ2n) is 4.13. The summed E-state index contributed by atoms with van der Waals surface area (Å²) in [5.41, 5.74) is 2.28. The highest BCUT2D eigenvalue weighted by Gasteiger charge is 2.11. The van der Waals surface area contributed by atoms with Crippen molar-refractivity contribution in [1.29, 1.82) is 0 Å². The molecule has 0 saturated heterocycles. The standard InChI is InChI=1S/C14H8N2O/c17-14-11-5-2-8-16(11)10-4-1-3-9-6-7-15-13(14)12(9)10/h1-8H. The molecule has 0 aliphatic heterocycles. The second kappa shape index (κ2) is 2.83. The average Bonchev–Trinajstić information content (AvgIpc) is 2.85. The first-order valence-electron chi connectivity index (χ1n) is 5.46. The third-order valence-electron chi connectivity index (χ3n) is 3.23. The van der Waals surface area contributed by atoms with Crippen molar-refractivity contribution in [1.82, 2.24) is 9.38 Å². The molecule has 4 aromatic rings. The molecule has 0 aliphatic rings. The zero-order valence-electron chi connectivity index (χ0n) is 8.92. The van der Waals surface area contributed by atoms with E-state index >= 15 is 0 Å². The number of fused-ring (bicyclic) bond motifs is 2. The number of aromatic nitrogens is 2. The highest BCUT2D eigenvalue weighted by Crippen LogP contribution is 2.24. The van der Waals surface area contributed by atoms with E-state index in [0.717, 1.165) is 16.3 Å². The minimum Gasteiger partial charge on any atom is -0.313 e. The van der Waals surface area contributed by atoms with Crippen LogP contribution in [-0.2, 0) is 0 Å². The van der Waals surface area contributed by atoms with Gasteiger partial charge in [0.05, 0.1) is 11.0 Å². The van der Waals surface area contributed by atoms with Gasteiger partial charge in [0, 0.05) is 17.8 Å². The van der Waals surface area contributed by atoms with Crippen molar-refractivity contribution in [2.45, 2.75) is 0 Å². The van der Waals surface area contributed by atoms with Crippen LogP contribution in [0.25, 0.3) is 27.3 Å². The number of hydrogen-bond acceptors (Lipinski definition) is 2. The predicted octanol–water partition coefficient (Wildman–Crippen LogP) is 2.44. The lowest BCUT2D eigenvalue weighted by molar-refractivity contribution is 1.25. The van der Waals surface area contributed by atoms with Crippen LogP contribution < -0.4 is 5.43 Å². The normalized spacial score (nSPS) is 11.8. The molecule has 0 saturated carbocycles. The Balaban J connectivity index is 2.56. The molecular weight excluding hydrogens is 212 g/mol. The van der Waals surface area contributed by atoms with Crippen LogP contribution in [0.3, 0.4) is 0 Å². The molecule has 80 valence electrons. The average molecular weight is 220 g/mol. The number of nitrogens with zero attached hydrogens (tertiary/aromatic N) is 2. The third kappa shape index (κ3) is 0.959. The van der Waals surface area contributed by atoms with Crippen LogP contribution in [0.15, 0.2) is 53.6 Å². The van der Waals surface area contributed by atoms with Gasteiger partial charge in [0.2, 0.25) is 5.43 Å². The van der Waals surface area contributed by atoms with E-state index in [1.54, 1.807) is 6.20 Å². The SMILES string of the molecule is O=c1c2nccc3cccc(c32)n2cccc12. The van der Waals surface area contributed by atoms with E-state index in [0.29, 0.717) is 11.0 Å². The first kappa shape index (κ1) is 8.70. The number of benzene rings is 1. The van der Waals surface area contributed by atoms with E-state index in [2.05, 4.69) is 4.98 Å². The Morgan fingerprint density at radius 1 is 1.00 bits per heavy atom. The van der Waals surface area contributed by atoms with E-state index in [1.807, 2.05) is 47.0 Å². The molecule has 17 heavy (non-hydrogen) atoms. The van der Waals surface area contributed by atoms with Crippen LogP contribution in [0.4, 0.5) is 0 Å². The van der Waals surface area contributed by atoms with Gasteiger partial charge in [0.25, 0.3) is 0 Å². The van der Waals surface area contributed by atoms with Crippen LogP contribution in [0.2, 0.25) is 0 Å². The van der Waals surface area contributed by atoms with Gasteiger partial charge < -0.3 is 4.40 Å². The summed E-state index contributed by atoms with van der Waals surface area (Å²) in [5.74, 6) is 0. The largest absolute Gasteiger partial charge is 0.313 e. The molecule has 3 aromatic heterocycles. The molecule has 0 radical (unpaired) electrons. The first-order chi connectivity index (χ1) is 8.36. The quantitative estimate of drug-likeness (QED) is 0.456. The Labute approximate surface area is 96.3 Å². The van der Waals surface area contributed by atoms with Crippen molar-refractivity contribution in [3.8, 4) is 0 Å². The van der Waals surface area contributed by atoms with Crippen molar-refractivity contribution in [3.05, 3.63) is 59.0 Å². The highest BCUT2D eigenvalue weighted by molar-refractivity contribution is 6.08. The van der Waals surface area contributed by atoms with Gasteiger partial charge in [-0.15, -0.1) is 0 Å². The molecule has 3 heteroatoms. The number of hydrogen-bond donors (Lipinski definition) is 0. The molecule has 3 nitrogen and oxygen atoms in total. The molecule has 4 rings (SSSR count). The lowest BCUT2D eigenvalue weighted by atomic mass is 10.1. The van der Waals surface area contributed by atoms with E-state index < -0.39 is 0 Å². The molecule has 0 amide bonds. The summed E-state index contributed by atoms with van der Waals surface area (Å²) in [5, 5.41) is 2.00. The lowest BCUT2D eigenvalue weighted by Crippen LogP contribution is -2.08. The zero-order chi connectivity index (χ0) is 11.4. The Bertz CT molecular complexity index is 903. The van der Waals surface area contributed by atoms with Gasteiger partial charge in [0.1, 0.15) is 5.52 Å². The van der Waals surface area contributed by atoms with E-state index in [1.165, 1.54) is 0 Å². The Morgan fingerprint density at radius 3 is 2.82 bits per heavy atom. The summed E-state index contributed by atoms with van der Waals surface area (Å²) in [6, 6.07) is 11.7. The number of pyridine rings is 2. The fourth-order valence-electron chi connectivity index (χ4n) is 2.48. The van der Waals surface area contributed by atoms with Crippen LogP contribution in [0.5, 0.6) is 0 Å². The maximum absolute atomic E-state index is 12.3. The van der Waals surface area contributed by atoms with Gasteiger partial charge in [-0.3, -0.25) is 9.78 Å². The fraction of sp³-hybridized carbons (Fsp3) is 0. The minimum absolute atomic E-state index is 0.000648. The van der Waals surface area contributed by atoms with E-state index in [9.17, 15) is 4.79 Å². The predicted molar refractivity (Wildman–Crippen MR) is 67.7 cm³/mol. The Kier molecular flexibility index (Phi) is 1.45. The van der Waals surface area contributed by atoms with Crippen molar-refractivity contribution < 1.29 is 0 Å². The van der Waals surface area contributed by atoms with E-state index in [4.69, 9.17) is 0 Å². The maximum Gasteiger partial charge on any atom is 0.228 e. The van der Waals surface area contributed by atoms with E-state index in [-0.39, 0.29) is 5.43 Å². The van der Waals surface area contributed by atoms with Gasteiger partial charge >= 0.3 is 0 Å². The minimum atomic E-state index is -0.000648. The maximum atomic E-state index is 12.3. The first-order valence-corrected chi connectivity index (χ1v) is 5.46. The van der Waals surface area contributed by atoms with Crippen molar-refractivity contribution in [3.63, 3.8) is 0 Å². The summed E-state index contributed by atoms with van der Waals surface area (Å²) in [4.78, 5) is 16.5. The molecule has 0 unspecified atom stereocenters. The van der Waals surface area contributed by atoms with Gasteiger partial charge in [0.15, 0.2) is 0 Å². The summed E-state index contributed by atoms with van der Waals surface area (Å²) >= 11 is 0. The van der Waals surface area contributed by atoms with Crippen molar-refractivity contribution in [2.75, 3.05) is 0 Å². The molecule has 0 aliphatic carbocycles. The van der Waals surface area contributed by atoms with Crippen molar-refractivity contribution in [2.24, 2.45) is 0 Å². The molecule has 0 N–H and O–H groups in total. The van der Waals surface area contributed by atoms with Crippen LogP contribution >= 0.6 is 0 Å². The van der Waals surface area contributed by atoms with Gasteiger partial charge in [-0.2, -0.15) is 0 Å². The monoisotopic (exact) mass is 220 g/mol. The van der Waals surface area contributed by atoms with Gasteiger partial charge in [-0.05, 0) is 29.7 Å². The summed E-state index contributed by atoms with van der Waals surface area (Å²) in [7, 11) is 0. The van der Waals surface area contributed by atoms with Gasteiger partial charge in [-0.1, -0.05) is 12.1 Å². The van der Waals surface area contributed by atoms with Crippen LogP contribution in [0.1, 0.15) is 0 Å². The Morgan fingerprint density at radius 2 is 1.88 bits per heavy atom. The number of rotatable bonds is 0. The highest BCUT2D eigenvalue weighted by atomic mass is 16.1. The lowest BCUT2D eigenvalue weighted by Gasteiger charge is -2.06. The summed E-state index contributed by atoms with van der Waals surface area (Å²) in [6.45, 7) is 0. The zero-order valence-corrected chi connectivity index (χ0v) is 8.92. The third-order valence-corrected chi connectivity index (χ3v) is 3.23. The molecule has 3 heterocycles. The van der Waals surface area contributed by atoms with Gasteiger partial charge in [-0.25, -0.2) is 0 Å². The summed E-state index contributed by atoms with van der Waals surface area (Å²) < 4.78 is 1.93. The second-order valence-corrected chi connectivity index (χ2v) is 4.13. The molecule has 0 fully saturated rings. The molecule has 1 aromatic carbocycles. The topological polar surface area (TPSA) is 34.4 Å². The Hall–Kier alpha value is -2.42. The summed E-state index contributed by atoms with van der Waals surface area (Å²) in [6.07, 6.45) is 3.61. The molecule has 0 atom stereocenters. The molecule has 0 spiro atoms. The molecule has 0 bridgehead atoms. The smallest absolute Gasteiger partial charge is 0.228 e. The van der Waals surface area contributed by atoms with Crippen LogP contribution in [-0.4, -0.2) is 9.38 Å². The fourth-order valence-corrected chi connectivity index (χ4v) is 2.48.